The summed E-state index contributed by atoms with van der Waals surface area (Å²) in [6.45, 7) is 0. The summed E-state index contributed by atoms with van der Waals surface area (Å²) in [6.07, 6.45) is -4.74. The number of aromatic carboxylic acids is 1. The fraction of sp³-hybridized carbons (Fsp3) is 0.0714. The van der Waals surface area contributed by atoms with Crippen LogP contribution in [0.5, 0.6) is 0 Å². The topological polar surface area (TPSA) is 83.5 Å². The standard InChI is InChI=1S/C14H9F4NO4S/c15-9-4-5-12(11(7-9)13(20)21)19-24(22,23)10-3-1-2-8(6-10)14(16,17)18/h1-7,19H,(H,20,21). The van der Waals surface area contributed by atoms with Crippen molar-refractivity contribution in [2.75, 3.05) is 4.72 Å². The molecule has 0 saturated heterocycles. The minimum Gasteiger partial charge on any atom is -0.478 e. The van der Waals surface area contributed by atoms with E-state index in [1.54, 1.807) is 0 Å². The average Bonchev–Trinajstić information content (AvgIpc) is 2.48. The number of hydrogen-bond donors (Lipinski definition) is 2. The molecule has 0 atom stereocenters. The zero-order valence-electron chi connectivity index (χ0n) is 11.6. The second-order valence-corrected chi connectivity index (χ2v) is 6.31. The van der Waals surface area contributed by atoms with Crippen LogP contribution in [0.2, 0.25) is 0 Å². The molecule has 0 aliphatic carbocycles. The van der Waals surface area contributed by atoms with Crippen LogP contribution in [0.1, 0.15) is 15.9 Å². The lowest BCUT2D eigenvalue weighted by molar-refractivity contribution is -0.137. The third-order valence-electron chi connectivity index (χ3n) is 2.93. The van der Waals surface area contributed by atoms with Crippen LogP contribution < -0.4 is 4.72 Å². The monoisotopic (exact) mass is 363 g/mol. The van der Waals surface area contributed by atoms with Crippen LogP contribution in [0.4, 0.5) is 23.2 Å². The van der Waals surface area contributed by atoms with Crippen molar-refractivity contribution in [2.24, 2.45) is 0 Å². The number of rotatable bonds is 4. The summed E-state index contributed by atoms with van der Waals surface area (Å²) in [5.74, 6) is -2.51. The second-order valence-electron chi connectivity index (χ2n) is 4.63. The Morgan fingerprint density at radius 2 is 1.75 bits per heavy atom. The molecular weight excluding hydrogens is 354 g/mol. The lowest BCUT2D eigenvalue weighted by Crippen LogP contribution is -2.16. The lowest BCUT2D eigenvalue weighted by atomic mass is 10.2. The number of nitrogens with one attached hydrogen (secondary N) is 1. The number of benzene rings is 2. The molecular formula is C14H9F4NO4S. The predicted molar refractivity (Wildman–Crippen MR) is 75.6 cm³/mol. The summed E-state index contributed by atoms with van der Waals surface area (Å²) in [7, 11) is -4.50. The van der Waals surface area contributed by atoms with Gasteiger partial charge in [-0.1, -0.05) is 6.07 Å². The maximum Gasteiger partial charge on any atom is 0.416 e. The van der Waals surface area contributed by atoms with Gasteiger partial charge < -0.3 is 5.11 Å². The molecule has 0 spiro atoms. The van der Waals surface area contributed by atoms with Gasteiger partial charge in [0.25, 0.3) is 10.0 Å². The van der Waals surface area contributed by atoms with Crippen molar-refractivity contribution in [3.63, 3.8) is 0 Å². The molecule has 0 fully saturated rings. The van der Waals surface area contributed by atoms with Gasteiger partial charge in [-0.05, 0) is 36.4 Å². The number of sulfonamides is 1. The lowest BCUT2D eigenvalue weighted by Gasteiger charge is -2.12. The van der Waals surface area contributed by atoms with E-state index in [0.717, 1.165) is 24.3 Å². The van der Waals surface area contributed by atoms with Crippen LogP contribution in [-0.4, -0.2) is 19.5 Å². The average molecular weight is 363 g/mol. The molecule has 0 aliphatic heterocycles. The molecule has 128 valence electrons. The number of carbonyl (C=O) groups is 1. The Labute approximate surface area is 133 Å². The largest absolute Gasteiger partial charge is 0.478 e. The molecule has 2 aromatic rings. The van der Waals surface area contributed by atoms with E-state index in [4.69, 9.17) is 5.11 Å². The molecule has 24 heavy (non-hydrogen) atoms. The molecule has 0 unspecified atom stereocenters. The Balaban J connectivity index is 2.45. The van der Waals surface area contributed by atoms with Crippen LogP contribution in [0, 0.1) is 5.82 Å². The van der Waals surface area contributed by atoms with Gasteiger partial charge in [-0.3, -0.25) is 4.72 Å². The van der Waals surface area contributed by atoms with Gasteiger partial charge in [-0.2, -0.15) is 13.2 Å². The number of alkyl halides is 3. The molecule has 0 aromatic heterocycles. The van der Waals surface area contributed by atoms with Crippen molar-refractivity contribution >= 4 is 21.7 Å². The van der Waals surface area contributed by atoms with E-state index in [9.17, 15) is 30.8 Å². The highest BCUT2D eigenvalue weighted by Gasteiger charge is 2.31. The first kappa shape index (κ1) is 17.7. The zero-order chi connectivity index (χ0) is 18.1. The molecule has 0 amide bonds. The van der Waals surface area contributed by atoms with E-state index in [2.05, 4.69) is 0 Å². The van der Waals surface area contributed by atoms with Gasteiger partial charge in [0.15, 0.2) is 0 Å². The normalized spacial score (nSPS) is 12.0. The highest BCUT2D eigenvalue weighted by Crippen LogP contribution is 2.31. The van der Waals surface area contributed by atoms with Gasteiger partial charge in [0, 0.05) is 0 Å². The molecule has 0 aliphatic rings. The van der Waals surface area contributed by atoms with Gasteiger partial charge in [-0.25, -0.2) is 17.6 Å². The number of anilines is 1. The van der Waals surface area contributed by atoms with Gasteiger partial charge in [-0.15, -0.1) is 0 Å². The zero-order valence-corrected chi connectivity index (χ0v) is 12.5. The fourth-order valence-electron chi connectivity index (χ4n) is 1.83. The number of carboxylic acid groups (broad SMARTS) is 1. The first-order valence-corrected chi connectivity index (χ1v) is 7.72. The second kappa shape index (κ2) is 6.11. The number of carboxylic acids is 1. The Kier molecular flexibility index (Phi) is 4.52. The smallest absolute Gasteiger partial charge is 0.416 e. The summed E-state index contributed by atoms with van der Waals surface area (Å²) >= 11 is 0. The first-order chi connectivity index (χ1) is 11.0. The van der Waals surface area contributed by atoms with E-state index in [1.807, 2.05) is 4.72 Å². The third-order valence-corrected chi connectivity index (χ3v) is 4.29. The van der Waals surface area contributed by atoms with Crippen molar-refractivity contribution in [3.05, 3.63) is 59.4 Å². The highest BCUT2D eigenvalue weighted by atomic mass is 32.2. The Bertz CT molecular complexity index is 894. The van der Waals surface area contributed by atoms with Crippen LogP contribution in [0.25, 0.3) is 0 Å². The Hall–Kier alpha value is -2.62. The summed E-state index contributed by atoms with van der Waals surface area (Å²) in [4.78, 5) is 10.3. The SMILES string of the molecule is O=C(O)c1cc(F)ccc1NS(=O)(=O)c1cccc(C(F)(F)F)c1. The molecule has 2 rings (SSSR count). The van der Waals surface area contributed by atoms with Crippen molar-refractivity contribution in [1.82, 2.24) is 0 Å². The molecule has 0 radical (unpaired) electrons. The maximum absolute atomic E-state index is 13.1. The summed E-state index contributed by atoms with van der Waals surface area (Å²) in [5, 5.41) is 8.96. The van der Waals surface area contributed by atoms with E-state index >= 15 is 0 Å². The predicted octanol–water partition coefficient (Wildman–Crippen LogP) is 3.34. The Morgan fingerprint density at radius 1 is 1.08 bits per heavy atom. The molecule has 5 nitrogen and oxygen atoms in total. The van der Waals surface area contributed by atoms with Crippen LogP contribution in [0.3, 0.4) is 0 Å². The highest BCUT2D eigenvalue weighted by molar-refractivity contribution is 7.92. The van der Waals surface area contributed by atoms with E-state index in [1.165, 1.54) is 0 Å². The van der Waals surface area contributed by atoms with Crippen molar-refractivity contribution in [2.45, 2.75) is 11.1 Å². The molecule has 0 heterocycles. The maximum atomic E-state index is 13.1. The van der Waals surface area contributed by atoms with Crippen molar-refractivity contribution < 1.29 is 35.9 Å². The van der Waals surface area contributed by atoms with Gasteiger partial charge in [0.2, 0.25) is 0 Å². The molecule has 2 N–H and O–H groups in total. The van der Waals surface area contributed by atoms with Crippen LogP contribution in [-0.2, 0) is 16.2 Å². The van der Waals surface area contributed by atoms with Crippen LogP contribution >= 0.6 is 0 Å². The van der Waals surface area contributed by atoms with E-state index < -0.39 is 49.7 Å². The molecule has 0 bridgehead atoms. The fourth-order valence-corrected chi connectivity index (χ4v) is 2.95. The number of hydrogen-bond acceptors (Lipinski definition) is 3. The minimum absolute atomic E-state index is 0.409. The molecule has 10 heteroatoms. The minimum atomic E-state index is -4.74. The molecule has 2 aromatic carbocycles. The number of halogens is 4. The van der Waals surface area contributed by atoms with Gasteiger partial charge in [0.1, 0.15) is 5.82 Å². The van der Waals surface area contributed by atoms with Crippen LogP contribution in [0.15, 0.2) is 47.4 Å². The van der Waals surface area contributed by atoms with Crippen molar-refractivity contribution in [1.29, 1.82) is 0 Å². The van der Waals surface area contributed by atoms with Crippen molar-refractivity contribution in [3.8, 4) is 0 Å². The van der Waals surface area contributed by atoms with Gasteiger partial charge in [0.05, 0.1) is 21.7 Å². The summed E-state index contributed by atoms with van der Waals surface area (Å²) in [5.41, 5.74) is -2.32. The van der Waals surface area contributed by atoms with E-state index in [-0.39, 0.29) is 0 Å². The molecule has 0 saturated carbocycles. The summed E-state index contributed by atoms with van der Waals surface area (Å²) in [6, 6.07) is 5.19. The van der Waals surface area contributed by atoms with Gasteiger partial charge >= 0.3 is 12.1 Å². The Morgan fingerprint density at radius 3 is 2.33 bits per heavy atom. The van der Waals surface area contributed by atoms with E-state index in [0.29, 0.717) is 18.2 Å². The third kappa shape index (κ3) is 3.82. The quantitative estimate of drug-likeness (QED) is 0.816. The first-order valence-electron chi connectivity index (χ1n) is 6.23. The summed E-state index contributed by atoms with van der Waals surface area (Å²) < 4.78 is 77.3.